The minimum atomic E-state index is -4.74. The highest BCUT2D eigenvalue weighted by molar-refractivity contribution is 6.35. The Morgan fingerprint density at radius 1 is 1.19 bits per heavy atom. The van der Waals surface area contributed by atoms with Crippen molar-refractivity contribution in [3.63, 3.8) is 0 Å². The minimum Gasteiger partial charge on any atom is -0.397 e. The number of Topliss-reactive ketones (excluding diaryl/α,β-unsaturated/α-hetero) is 1. The number of anilines is 1. The standard InChI is InChI=1S/C23H23ClF3N3O2/c24-19-17(13-29-9-10-30-8-4-7-15(30)12-29)18(23(25,26)27)11-16(20(19)28)22(32)21(31)14-5-2-1-3-6-14/h1-3,5-7,11,21,31H,4,8-10,12-13,28H2. The summed E-state index contributed by atoms with van der Waals surface area (Å²) in [4.78, 5) is 17.0. The van der Waals surface area contributed by atoms with Crippen LogP contribution in [0.3, 0.4) is 0 Å². The van der Waals surface area contributed by atoms with Gasteiger partial charge in [-0.05, 0) is 23.6 Å². The third-order valence-corrected chi connectivity index (χ3v) is 6.41. The number of benzene rings is 2. The molecule has 5 nitrogen and oxygen atoms in total. The molecule has 1 saturated heterocycles. The number of rotatable bonds is 5. The van der Waals surface area contributed by atoms with Crippen LogP contribution in [0.1, 0.15) is 39.6 Å². The van der Waals surface area contributed by atoms with E-state index in [4.69, 9.17) is 17.3 Å². The van der Waals surface area contributed by atoms with Gasteiger partial charge < -0.3 is 15.7 Å². The maximum Gasteiger partial charge on any atom is 0.416 e. The smallest absolute Gasteiger partial charge is 0.397 e. The number of halogens is 4. The zero-order chi connectivity index (χ0) is 23.0. The molecule has 2 aliphatic rings. The van der Waals surface area contributed by atoms with Crippen molar-refractivity contribution in [2.24, 2.45) is 0 Å². The number of nitrogen functional groups attached to an aromatic ring is 1. The second-order valence-electron chi connectivity index (χ2n) is 8.03. The third kappa shape index (κ3) is 4.35. The predicted molar refractivity (Wildman–Crippen MR) is 116 cm³/mol. The van der Waals surface area contributed by atoms with Crippen LogP contribution in [0.15, 0.2) is 48.2 Å². The Morgan fingerprint density at radius 2 is 1.91 bits per heavy atom. The van der Waals surface area contributed by atoms with Crippen LogP contribution in [-0.2, 0) is 12.7 Å². The highest BCUT2D eigenvalue weighted by atomic mass is 35.5. The molecule has 0 aliphatic carbocycles. The van der Waals surface area contributed by atoms with Gasteiger partial charge in [0.2, 0.25) is 0 Å². The Kier molecular flexibility index (Phi) is 6.20. The first kappa shape index (κ1) is 22.6. The molecule has 2 heterocycles. The van der Waals surface area contributed by atoms with Crippen molar-refractivity contribution >= 4 is 23.1 Å². The first-order chi connectivity index (χ1) is 15.2. The van der Waals surface area contributed by atoms with Gasteiger partial charge in [0.15, 0.2) is 5.78 Å². The number of hydrogen-bond donors (Lipinski definition) is 2. The van der Waals surface area contributed by atoms with Crippen molar-refractivity contribution in [1.82, 2.24) is 9.80 Å². The number of nitrogens with two attached hydrogens (primary N) is 1. The van der Waals surface area contributed by atoms with E-state index in [0.29, 0.717) is 13.1 Å². The quantitative estimate of drug-likeness (QED) is 0.510. The number of aliphatic hydroxyl groups excluding tert-OH is 1. The van der Waals surface area contributed by atoms with Crippen LogP contribution in [-0.4, -0.2) is 46.9 Å². The maximum atomic E-state index is 14.0. The summed E-state index contributed by atoms with van der Waals surface area (Å²) < 4.78 is 42.0. The Balaban J connectivity index is 1.69. The van der Waals surface area contributed by atoms with E-state index in [1.165, 1.54) is 12.1 Å². The summed E-state index contributed by atoms with van der Waals surface area (Å²) in [7, 11) is 0. The molecule has 170 valence electrons. The fraction of sp³-hybridized carbons (Fsp3) is 0.348. The van der Waals surface area contributed by atoms with Gasteiger partial charge in [0.1, 0.15) is 6.10 Å². The molecule has 0 spiro atoms. The molecule has 0 saturated carbocycles. The van der Waals surface area contributed by atoms with Crippen LogP contribution < -0.4 is 5.73 Å². The predicted octanol–water partition coefficient (Wildman–Crippen LogP) is 4.26. The van der Waals surface area contributed by atoms with E-state index >= 15 is 0 Å². The van der Waals surface area contributed by atoms with E-state index < -0.39 is 29.2 Å². The van der Waals surface area contributed by atoms with Crippen molar-refractivity contribution in [3.8, 4) is 0 Å². The summed E-state index contributed by atoms with van der Waals surface area (Å²) in [5, 5.41) is 10.1. The van der Waals surface area contributed by atoms with Gasteiger partial charge in [-0.25, -0.2) is 0 Å². The van der Waals surface area contributed by atoms with E-state index in [1.807, 2.05) is 4.90 Å². The molecule has 9 heteroatoms. The van der Waals surface area contributed by atoms with Crippen LogP contribution in [0.25, 0.3) is 0 Å². The monoisotopic (exact) mass is 465 g/mol. The molecule has 1 unspecified atom stereocenters. The van der Waals surface area contributed by atoms with Gasteiger partial charge in [-0.2, -0.15) is 13.2 Å². The van der Waals surface area contributed by atoms with Gasteiger partial charge in [0, 0.05) is 44.0 Å². The van der Waals surface area contributed by atoms with Crippen molar-refractivity contribution in [3.05, 3.63) is 75.4 Å². The first-order valence-electron chi connectivity index (χ1n) is 10.3. The van der Waals surface area contributed by atoms with Crippen molar-refractivity contribution in [2.75, 3.05) is 31.9 Å². The third-order valence-electron chi connectivity index (χ3n) is 5.98. The van der Waals surface area contributed by atoms with E-state index in [-0.39, 0.29) is 28.4 Å². The van der Waals surface area contributed by atoms with Gasteiger partial charge in [-0.3, -0.25) is 9.69 Å². The lowest BCUT2D eigenvalue weighted by Gasteiger charge is -2.36. The summed E-state index contributed by atoms with van der Waals surface area (Å²) in [5.74, 6) is -0.933. The van der Waals surface area contributed by atoms with E-state index in [0.717, 1.165) is 31.3 Å². The number of alkyl halides is 3. The number of carbonyl (C=O) groups is 1. The fourth-order valence-corrected chi connectivity index (χ4v) is 4.53. The van der Waals surface area contributed by atoms with Crippen LogP contribution in [0.4, 0.5) is 18.9 Å². The van der Waals surface area contributed by atoms with E-state index in [1.54, 1.807) is 18.2 Å². The molecule has 0 bridgehead atoms. The molecule has 1 atom stereocenters. The lowest BCUT2D eigenvalue weighted by Crippen LogP contribution is -2.43. The first-order valence-corrected chi connectivity index (χ1v) is 10.7. The molecular weight excluding hydrogens is 443 g/mol. The Labute approximate surface area is 188 Å². The second kappa shape index (κ2) is 8.77. The summed E-state index contributed by atoms with van der Waals surface area (Å²) in [6, 6.07) is 8.67. The molecule has 1 fully saturated rings. The van der Waals surface area contributed by atoms with Crippen molar-refractivity contribution in [1.29, 1.82) is 0 Å². The molecule has 0 amide bonds. The number of aliphatic hydroxyl groups is 1. The average molecular weight is 466 g/mol. The lowest BCUT2D eigenvalue weighted by atomic mass is 9.94. The van der Waals surface area contributed by atoms with Crippen LogP contribution >= 0.6 is 11.6 Å². The van der Waals surface area contributed by atoms with Crippen LogP contribution in [0.5, 0.6) is 0 Å². The minimum absolute atomic E-state index is 0.0429. The molecule has 2 aromatic rings. The Morgan fingerprint density at radius 3 is 2.59 bits per heavy atom. The fourth-order valence-electron chi connectivity index (χ4n) is 4.26. The number of fused-ring (bicyclic) bond motifs is 1. The van der Waals surface area contributed by atoms with Gasteiger partial charge in [-0.1, -0.05) is 48.0 Å². The number of carbonyl (C=O) groups excluding carboxylic acids is 1. The zero-order valence-electron chi connectivity index (χ0n) is 17.2. The van der Waals surface area contributed by atoms with Gasteiger partial charge in [0.05, 0.1) is 16.3 Å². The van der Waals surface area contributed by atoms with Crippen LogP contribution in [0, 0.1) is 0 Å². The number of piperazine rings is 1. The molecule has 0 radical (unpaired) electrons. The highest BCUT2D eigenvalue weighted by Gasteiger charge is 2.38. The van der Waals surface area contributed by atoms with Gasteiger partial charge >= 0.3 is 6.18 Å². The highest BCUT2D eigenvalue weighted by Crippen LogP contribution is 2.41. The average Bonchev–Trinajstić information content (AvgIpc) is 3.24. The molecule has 2 aliphatic heterocycles. The van der Waals surface area contributed by atoms with Gasteiger partial charge in [0.25, 0.3) is 0 Å². The summed E-state index contributed by atoms with van der Waals surface area (Å²) in [6.07, 6.45) is -3.36. The van der Waals surface area contributed by atoms with E-state index in [2.05, 4.69) is 11.0 Å². The van der Waals surface area contributed by atoms with Gasteiger partial charge in [-0.15, -0.1) is 0 Å². The Hall–Kier alpha value is -2.55. The molecule has 2 aromatic carbocycles. The molecular formula is C23H23ClF3N3O2. The summed E-state index contributed by atoms with van der Waals surface area (Å²) in [6.45, 7) is 2.75. The molecule has 3 N–H and O–H groups in total. The summed E-state index contributed by atoms with van der Waals surface area (Å²) >= 11 is 6.32. The molecule has 32 heavy (non-hydrogen) atoms. The zero-order valence-corrected chi connectivity index (χ0v) is 18.0. The van der Waals surface area contributed by atoms with Crippen LogP contribution in [0.2, 0.25) is 5.02 Å². The maximum absolute atomic E-state index is 14.0. The largest absolute Gasteiger partial charge is 0.416 e. The number of nitrogens with zero attached hydrogens (tertiary/aromatic N) is 2. The topological polar surface area (TPSA) is 69.8 Å². The van der Waals surface area contributed by atoms with Crippen molar-refractivity contribution < 1.29 is 23.1 Å². The molecule has 4 rings (SSSR count). The molecule has 0 aromatic heterocycles. The SMILES string of the molecule is Nc1c(C(=O)C(O)c2ccccc2)cc(C(F)(F)F)c(CN2CCN3CCC=C3C2)c1Cl. The normalized spacial score (nSPS) is 17.8. The van der Waals surface area contributed by atoms with E-state index in [9.17, 15) is 23.1 Å². The summed E-state index contributed by atoms with van der Waals surface area (Å²) in [5.41, 5.74) is 5.53. The number of ketones is 1. The van der Waals surface area contributed by atoms with Crippen molar-refractivity contribution in [2.45, 2.75) is 25.2 Å². The second-order valence-corrected chi connectivity index (χ2v) is 8.41. The lowest BCUT2D eigenvalue weighted by molar-refractivity contribution is -0.138. The number of hydrogen-bond acceptors (Lipinski definition) is 5. The Bertz CT molecular complexity index is 1060.